The summed E-state index contributed by atoms with van der Waals surface area (Å²) in [4.78, 5) is 4.51. The highest BCUT2D eigenvalue weighted by molar-refractivity contribution is 4.91. The van der Waals surface area contributed by atoms with E-state index in [1.54, 1.807) is 0 Å². The lowest BCUT2D eigenvalue weighted by Gasteiger charge is -2.18. The summed E-state index contributed by atoms with van der Waals surface area (Å²) < 4.78 is 1.93. The number of nitrogens with zero attached hydrogens (tertiary/aromatic N) is 5. The first-order chi connectivity index (χ1) is 9.11. The first-order valence-electron chi connectivity index (χ1n) is 7.04. The van der Waals surface area contributed by atoms with E-state index in [4.69, 9.17) is 0 Å². The lowest BCUT2D eigenvalue weighted by Crippen LogP contribution is -2.31. The van der Waals surface area contributed by atoms with Crippen LogP contribution < -0.4 is 5.32 Å². The lowest BCUT2D eigenvalue weighted by atomic mass is 10.4. The largest absolute Gasteiger partial charge is 0.311 e. The molecule has 1 rings (SSSR count). The van der Waals surface area contributed by atoms with Crippen LogP contribution in [0.3, 0.4) is 0 Å². The van der Waals surface area contributed by atoms with E-state index < -0.39 is 0 Å². The Labute approximate surface area is 116 Å². The van der Waals surface area contributed by atoms with Crippen LogP contribution in [0.1, 0.15) is 19.0 Å². The molecule has 0 saturated heterocycles. The van der Waals surface area contributed by atoms with Crippen LogP contribution in [0.25, 0.3) is 0 Å². The van der Waals surface area contributed by atoms with E-state index in [1.165, 1.54) is 0 Å². The molecule has 0 bridgehead atoms. The Hall–Kier alpha value is -0.980. The number of hydrogen-bond donors (Lipinski definition) is 1. The summed E-state index contributed by atoms with van der Waals surface area (Å²) in [5.41, 5.74) is 1.02. The second-order valence-corrected chi connectivity index (χ2v) is 5.26. The summed E-state index contributed by atoms with van der Waals surface area (Å²) in [6, 6.07) is 0. The summed E-state index contributed by atoms with van der Waals surface area (Å²) in [5.74, 6) is 0. The molecule has 1 heterocycles. The maximum atomic E-state index is 4.16. The monoisotopic (exact) mass is 268 g/mol. The molecule has 1 N–H and O–H groups in total. The van der Waals surface area contributed by atoms with Gasteiger partial charge in [0.15, 0.2) is 0 Å². The quantitative estimate of drug-likeness (QED) is 0.617. The van der Waals surface area contributed by atoms with Crippen LogP contribution in [0, 0.1) is 0 Å². The van der Waals surface area contributed by atoms with Gasteiger partial charge < -0.3 is 15.1 Å². The molecule has 1 aromatic heterocycles. The standard InChI is InChI=1S/C13H28N6/c1-5-6-14-11-13-12-19(16-15-13)10-9-18(4)8-7-17(2)3/h12,14H,5-11H2,1-4H3. The number of nitrogens with one attached hydrogen (secondary N) is 1. The van der Waals surface area contributed by atoms with Gasteiger partial charge in [-0.3, -0.25) is 4.68 Å². The molecule has 19 heavy (non-hydrogen) atoms. The molecule has 0 aliphatic heterocycles. The van der Waals surface area contributed by atoms with Gasteiger partial charge in [0, 0.05) is 32.4 Å². The van der Waals surface area contributed by atoms with Gasteiger partial charge in [-0.15, -0.1) is 5.10 Å². The molecule has 0 aliphatic rings. The van der Waals surface area contributed by atoms with Crippen LogP contribution in [-0.2, 0) is 13.1 Å². The molecule has 6 nitrogen and oxygen atoms in total. The van der Waals surface area contributed by atoms with Crippen molar-refractivity contribution < 1.29 is 0 Å². The van der Waals surface area contributed by atoms with E-state index in [-0.39, 0.29) is 0 Å². The number of hydrogen-bond acceptors (Lipinski definition) is 5. The fourth-order valence-corrected chi connectivity index (χ4v) is 1.68. The molecule has 0 radical (unpaired) electrons. The van der Waals surface area contributed by atoms with Gasteiger partial charge in [0.1, 0.15) is 0 Å². The Morgan fingerprint density at radius 2 is 2.00 bits per heavy atom. The van der Waals surface area contributed by atoms with Gasteiger partial charge in [0.05, 0.1) is 12.2 Å². The van der Waals surface area contributed by atoms with E-state index in [0.717, 1.165) is 51.4 Å². The van der Waals surface area contributed by atoms with Gasteiger partial charge in [-0.05, 0) is 34.1 Å². The molecule has 0 amide bonds. The molecular formula is C13H28N6. The molecule has 0 spiro atoms. The summed E-state index contributed by atoms with van der Waals surface area (Å²) in [6.45, 7) is 8.05. The third-order valence-corrected chi connectivity index (χ3v) is 2.96. The van der Waals surface area contributed by atoms with Crippen LogP contribution in [0.4, 0.5) is 0 Å². The molecule has 1 aromatic rings. The highest BCUT2D eigenvalue weighted by Gasteiger charge is 2.03. The maximum Gasteiger partial charge on any atom is 0.0964 e. The second-order valence-electron chi connectivity index (χ2n) is 5.26. The molecule has 0 atom stereocenters. The third-order valence-electron chi connectivity index (χ3n) is 2.96. The molecule has 0 unspecified atom stereocenters. The Kier molecular flexibility index (Phi) is 7.62. The van der Waals surface area contributed by atoms with Gasteiger partial charge in [0.25, 0.3) is 0 Å². The maximum absolute atomic E-state index is 4.16. The van der Waals surface area contributed by atoms with Crippen LogP contribution in [0.5, 0.6) is 0 Å². The van der Waals surface area contributed by atoms with E-state index >= 15 is 0 Å². The minimum absolute atomic E-state index is 0.810. The van der Waals surface area contributed by atoms with Crippen molar-refractivity contribution in [3.05, 3.63) is 11.9 Å². The minimum atomic E-state index is 0.810. The molecule has 110 valence electrons. The molecule has 0 aromatic carbocycles. The van der Waals surface area contributed by atoms with E-state index in [1.807, 2.05) is 10.9 Å². The molecule has 0 fully saturated rings. The first-order valence-corrected chi connectivity index (χ1v) is 7.04. The van der Waals surface area contributed by atoms with Crippen LogP contribution in [0.15, 0.2) is 6.20 Å². The first kappa shape index (κ1) is 16.1. The number of likely N-dealkylation sites (N-methyl/N-ethyl adjacent to an activating group) is 2. The third kappa shape index (κ3) is 7.25. The summed E-state index contributed by atoms with van der Waals surface area (Å²) >= 11 is 0. The topological polar surface area (TPSA) is 49.2 Å². The fourth-order valence-electron chi connectivity index (χ4n) is 1.68. The second kappa shape index (κ2) is 9.01. The van der Waals surface area contributed by atoms with E-state index in [9.17, 15) is 0 Å². The Balaban J connectivity index is 2.22. The highest BCUT2D eigenvalue weighted by atomic mass is 15.4. The zero-order valence-electron chi connectivity index (χ0n) is 12.8. The minimum Gasteiger partial charge on any atom is -0.311 e. The summed E-state index contributed by atoms with van der Waals surface area (Å²) in [6.07, 6.45) is 3.17. The van der Waals surface area contributed by atoms with Gasteiger partial charge >= 0.3 is 0 Å². The van der Waals surface area contributed by atoms with Crippen molar-refractivity contribution in [2.75, 3.05) is 47.3 Å². The highest BCUT2D eigenvalue weighted by Crippen LogP contribution is 1.94. The number of rotatable bonds is 10. The lowest BCUT2D eigenvalue weighted by molar-refractivity contribution is 0.269. The Morgan fingerprint density at radius 3 is 2.68 bits per heavy atom. The van der Waals surface area contributed by atoms with Crippen molar-refractivity contribution in [2.45, 2.75) is 26.4 Å². The molecule has 0 saturated carbocycles. The van der Waals surface area contributed by atoms with Crippen molar-refractivity contribution in [2.24, 2.45) is 0 Å². The van der Waals surface area contributed by atoms with Crippen LogP contribution in [0.2, 0.25) is 0 Å². The van der Waals surface area contributed by atoms with Crippen molar-refractivity contribution in [3.8, 4) is 0 Å². The van der Waals surface area contributed by atoms with Gasteiger partial charge in [-0.2, -0.15) is 0 Å². The molecule has 6 heteroatoms. The van der Waals surface area contributed by atoms with Crippen molar-refractivity contribution in [1.82, 2.24) is 30.1 Å². The van der Waals surface area contributed by atoms with Gasteiger partial charge in [0.2, 0.25) is 0 Å². The van der Waals surface area contributed by atoms with Gasteiger partial charge in [-0.25, -0.2) is 0 Å². The van der Waals surface area contributed by atoms with E-state index in [2.05, 4.69) is 53.5 Å². The number of aromatic nitrogens is 3. The summed E-state index contributed by atoms with van der Waals surface area (Å²) in [5, 5.41) is 11.6. The average Bonchev–Trinajstić information content (AvgIpc) is 2.82. The summed E-state index contributed by atoms with van der Waals surface area (Å²) in [7, 11) is 6.34. The zero-order chi connectivity index (χ0) is 14.1. The normalized spacial score (nSPS) is 11.7. The van der Waals surface area contributed by atoms with Gasteiger partial charge in [-0.1, -0.05) is 12.1 Å². The molecule has 0 aliphatic carbocycles. The predicted molar refractivity (Wildman–Crippen MR) is 78.1 cm³/mol. The van der Waals surface area contributed by atoms with Crippen molar-refractivity contribution >= 4 is 0 Å². The van der Waals surface area contributed by atoms with Crippen LogP contribution in [-0.4, -0.2) is 72.1 Å². The Morgan fingerprint density at radius 1 is 1.21 bits per heavy atom. The molecular weight excluding hydrogens is 240 g/mol. The predicted octanol–water partition coefficient (Wildman–Crippen LogP) is 0.271. The Bertz CT molecular complexity index is 336. The van der Waals surface area contributed by atoms with Crippen molar-refractivity contribution in [3.63, 3.8) is 0 Å². The fraction of sp³-hybridized carbons (Fsp3) is 0.846. The SMILES string of the molecule is CCCNCc1cn(CCN(C)CCN(C)C)nn1. The van der Waals surface area contributed by atoms with E-state index in [0.29, 0.717) is 0 Å². The zero-order valence-corrected chi connectivity index (χ0v) is 12.8. The van der Waals surface area contributed by atoms with Crippen LogP contribution >= 0.6 is 0 Å². The average molecular weight is 268 g/mol. The van der Waals surface area contributed by atoms with Crippen molar-refractivity contribution in [1.29, 1.82) is 0 Å². The smallest absolute Gasteiger partial charge is 0.0964 e.